The quantitative estimate of drug-likeness (QED) is 0.814. The van der Waals surface area contributed by atoms with Gasteiger partial charge in [0.05, 0.1) is 24.9 Å². The van der Waals surface area contributed by atoms with Crippen molar-refractivity contribution in [3.05, 3.63) is 21.9 Å². The summed E-state index contributed by atoms with van der Waals surface area (Å²) in [4.78, 5) is 1.42. The van der Waals surface area contributed by atoms with E-state index in [9.17, 15) is 0 Å². The summed E-state index contributed by atoms with van der Waals surface area (Å²) in [6.45, 7) is 9.07. The second-order valence-corrected chi connectivity index (χ2v) is 6.43. The minimum atomic E-state index is 0.329. The fraction of sp³-hybridized carbons (Fsp3) is 0.733. The van der Waals surface area contributed by atoms with Crippen molar-refractivity contribution >= 4 is 11.3 Å². The third-order valence-corrected chi connectivity index (χ3v) is 4.56. The molecule has 1 fully saturated rings. The maximum Gasteiger partial charge on any atom is 0.0625 e. The van der Waals surface area contributed by atoms with Gasteiger partial charge < -0.3 is 14.8 Å². The number of thiophene rings is 1. The Balaban J connectivity index is 1.58. The van der Waals surface area contributed by atoms with E-state index in [-0.39, 0.29) is 0 Å². The Bertz CT molecular complexity index is 370. The topological polar surface area (TPSA) is 30.5 Å². The number of nitrogens with one attached hydrogen (secondary N) is 1. The maximum absolute atomic E-state index is 5.93. The minimum absolute atomic E-state index is 0.329. The van der Waals surface area contributed by atoms with Gasteiger partial charge in [-0.1, -0.05) is 0 Å². The molecule has 1 aliphatic rings. The Morgan fingerprint density at radius 2 is 2.11 bits per heavy atom. The largest absolute Gasteiger partial charge is 0.377 e. The molecule has 1 saturated heterocycles. The van der Waals surface area contributed by atoms with E-state index in [4.69, 9.17) is 9.47 Å². The molecule has 1 aromatic heterocycles. The molecule has 0 bridgehead atoms. The first-order valence-electron chi connectivity index (χ1n) is 7.16. The lowest BCUT2D eigenvalue weighted by molar-refractivity contribution is -0.101. The van der Waals surface area contributed by atoms with Gasteiger partial charge in [0, 0.05) is 18.0 Å². The van der Waals surface area contributed by atoms with Gasteiger partial charge in [0.15, 0.2) is 0 Å². The molecule has 0 amide bonds. The normalized spacial score (nSPS) is 27.6. The lowest BCUT2D eigenvalue weighted by Crippen LogP contribution is -2.35. The predicted octanol–water partition coefficient (Wildman–Crippen LogP) is 3.12. The van der Waals surface area contributed by atoms with E-state index in [1.165, 1.54) is 10.4 Å². The Morgan fingerprint density at radius 1 is 1.37 bits per heavy atom. The summed E-state index contributed by atoms with van der Waals surface area (Å²) >= 11 is 1.82. The number of rotatable bonds is 6. The molecular formula is C15H25NO2S. The van der Waals surface area contributed by atoms with Gasteiger partial charge in [0.1, 0.15) is 0 Å². The molecule has 2 unspecified atom stereocenters. The van der Waals surface area contributed by atoms with Crippen LogP contribution in [0.15, 0.2) is 11.4 Å². The second kappa shape index (κ2) is 7.39. The third kappa shape index (κ3) is 4.88. The molecule has 108 valence electrons. The first-order valence-corrected chi connectivity index (χ1v) is 8.04. The van der Waals surface area contributed by atoms with Crippen LogP contribution in [0.2, 0.25) is 0 Å². The van der Waals surface area contributed by atoms with E-state index < -0.39 is 0 Å². The van der Waals surface area contributed by atoms with E-state index in [2.05, 4.69) is 37.5 Å². The molecule has 1 N–H and O–H groups in total. The van der Waals surface area contributed by atoms with Crippen LogP contribution >= 0.6 is 11.3 Å². The molecule has 2 rings (SSSR count). The van der Waals surface area contributed by atoms with Gasteiger partial charge in [0.2, 0.25) is 0 Å². The van der Waals surface area contributed by atoms with E-state index >= 15 is 0 Å². The third-order valence-electron chi connectivity index (χ3n) is 3.54. The van der Waals surface area contributed by atoms with E-state index in [0.717, 1.165) is 32.5 Å². The highest BCUT2D eigenvalue weighted by Crippen LogP contribution is 2.21. The number of hydrogen-bond acceptors (Lipinski definition) is 4. The van der Waals surface area contributed by atoms with E-state index in [1.54, 1.807) is 0 Å². The van der Waals surface area contributed by atoms with Crippen LogP contribution in [-0.2, 0) is 16.0 Å². The summed E-state index contributed by atoms with van der Waals surface area (Å²) in [5, 5.41) is 5.59. The fourth-order valence-corrected chi connectivity index (χ4v) is 3.44. The van der Waals surface area contributed by atoms with Gasteiger partial charge in [-0.25, -0.2) is 0 Å². The molecule has 0 saturated carbocycles. The molecule has 3 nitrogen and oxygen atoms in total. The van der Waals surface area contributed by atoms with E-state index in [1.807, 2.05) is 11.3 Å². The van der Waals surface area contributed by atoms with Gasteiger partial charge in [0.25, 0.3) is 0 Å². The first-order chi connectivity index (χ1) is 9.15. The van der Waals surface area contributed by atoms with Crippen molar-refractivity contribution in [3.63, 3.8) is 0 Å². The van der Waals surface area contributed by atoms with Crippen LogP contribution in [0.4, 0.5) is 0 Å². The maximum atomic E-state index is 5.93. The van der Waals surface area contributed by atoms with Gasteiger partial charge in [-0.2, -0.15) is 0 Å². The van der Waals surface area contributed by atoms with Crippen molar-refractivity contribution in [2.45, 2.75) is 58.5 Å². The Hall–Kier alpha value is -0.420. The summed E-state index contributed by atoms with van der Waals surface area (Å²) in [5.74, 6) is 0. The van der Waals surface area contributed by atoms with Crippen molar-refractivity contribution in [1.82, 2.24) is 5.32 Å². The van der Waals surface area contributed by atoms with Crippen LogP contribution in [0.3, 0.4) is 0 Å². The van der Waals surface area contributed by atoms with Crippen LogP contribution in [-0.4, -0.2) is 31.5 Å². The number of aryl methyl sites for hydroxylation is 1. The molecule has 1 aliphatic heterocycles. The van der Waals surface area contributed by atoms with Crippen molar-refractivity contribution in [3.8, 4) is 0 Å². The van der Waals surface area contributed by atoms with Crippen molar-refractivity contribution < 1.29 is 9.47 Å². The average molecular weight is 283 g/mol. The standard InChI is InChI=1S/C15H25NO2S/c1-11-4-7-19-15(11)10-16-5-6-17-14-8-12(2)18-13(3)9-14/h4,7,12-14,16H,5-6,8-10H2,1-3H3. The molecule has 4 heteroatoms. The molecular weight excluding hydrogens is 258 g/mol. The van der Waals surface area contributed by atoms with Crippen LogP contribution in [0.25, 0.3) is 0 Å². The van der Waals surface area contributed by atoms with Crippen molar-refractivity contribution in [2.75, 3.05) is 13.2 Å². The SMILES string of the molecule is Cc1ccsc1CNCCOC1CC(C)OC(C)C1. The predicted molar refractivity (Wildman–Crippen MR) is 79.7 cm³/mol. The highest BCUT2D eigenvalue weighted by Gasteiger charge is 2.24. The molecule has 0 aromatic carbocycles. The molecule has 1 aromatic rings. The zero-order valence-electron chi connectivity index (χ0n) is 12.1. The highest BCUT2D eigenvalue weighted by atomic mass is 32.1. The van der Waals surface area contributed by atoms with Crippen LogP contribution in [0.5, 0.6) is 0 Å². The Morgan fingerprint density at radius 3 is 2.74 bits per heavy atom. The van der Waals surface area contributed by atoms with Crippen LogP contribution in [0, 0.1) is 6.92 Å². The minimum Gasteiger partial charge on any atom is -0.377 e. The summed E-state index contributed by atoms with van der Waals surface area (Å²) in [6, 6.07) is 2.17. The molecule has 0 spiro atoms. The van der Waals surface area contributed by atoms with Gasteiger partial charge in [-0.15, -0.1) is 11.3 Å². The smallest absolute Gasteiger partial charge is 0.0625 e. The molecule has 2 heterocycles. The summed E-state index contributed by atoms with van der Waals surface area (Å²) < 4.78 is 11.6. The van der Waals surface area contributed by atoms with Gasteiger partial charge in [-0.05, 0) is 50.6 Å². The monoisotopic (exact) mass is 283 g/mol. The zero-order valence-corrected chi connectivity index (χ0v) is 13.0. The fourth-order valence-electron chi connectivity index (χ4n) is 2.57. The summed E-state index contributed by atoms with van der Waals surface area (Å²) in [7, 11) is 0. The average Bonchev–Trinajstić information content (AvgIpc) is 2.73. The lowest BCUT2D eigenvalue weighted by Gasteiger charge is -2.32. The second-order valence-electron chi connectivity index (χ2n) is 5.43. The van der Waals surface area contributed by atoms with Crippen molar-refractivity contribution in [2.24, 2.45) is 0 Å². The highest BCUT2D eigenvalue weighted by molar-refractivity contribution is 7.10. The lowest BCUT2D eigenvalue weighted by atomic mass is 10.0. The van der Waals surface area contributed by atoms with Crippen molar-refractivity contribution in [1.29, 1.82) is 0 Å². The number of hydrogen-bond donors (Lipinski definition) is 1. The zero-order chi connectivity index (χ0) is 13.7. The first kappa shape index (κ1) is 15.0. The molecule has 19 heavy (non-hydrogen) atoms. The van der Waals surface area contributed by atoms with Crippen LogP contribution < -0.4 is 5.32 Å². The summed E-state index contributed by atoms with van der Waals surface area (Å²) in [5.41, 5.74) is 1.38. The van der Waals surface area contributed by atoms with Gasteiger partial charge in [-0.3, -0.25) is 0 Å². The Labute approximate surface area is 120 Å². The molecule has 2 atom stereocenters. The summed E-state index contributed by atoms with van der Waals surface area (Å²) in [6.07, 6.45) is 3.07. The van der Waals surface area contributed by atoms with E-state index in [0.29, 0.717) is 18.3 Å². The number of ether oxygens (including phenoxy) is 2. The Kier molecular flexibility index (Phi) is 5.82. The van der Waals surface area contributed by atoms with Gasteiger partial charge >= 0.3 is 0 Å². The molecule has 0 aliphatic carbocycles. The van der Waals surface area contributed by atoms with Crippen LogP contribution in [0.1, 0.15) is 37.1 Å². The molecule has 0 radical (unpaired) electrons.